The van der Waals surface area contributed by atoms with Crippen LogP contribution in [0.1, 0.15) is 0 Å². The van der Waals surface area contributed by atoms with Gasteiger partial charge in [0.15, 0.2) is 0 Å². The van der Waals surface area contributed by atoms with E-state index in [-0.39, 0.29) is 11.5 Å². The largest absolute Gasteiger partial charge is 0.508 e. The Balaban J connectivity index is 2.00. The van der Waals surface area contributed by atoms with Crippen LogP contribution in [0.15, 0.2) is 77.4 Å². The first-order valence-electron chi connectivity index (χ1n) is 8.06. The summed E-state index contributed by atoms with van der Waals surface area (Å²) in [5.41, 5.74) is 2.77. The van der Waals surface area contributed by atoms with Gasteiger partial charge in [0, 0.05) is 16.3 Å². The number of fused-ring (bicyclic) bond motifs is 6. The molecule has 0 saturated heterocycles. The molecule has 1 aromatic heterocycles. The first-order valence-corrected chi connectivity index (χ1v) is 8.06. The molecule has 0 fully saturated rings. The molecule has 0 saturated carbocycles. The molecule has 5 aromatic rings. The van der Waals surface area contributed by atoms with E-state index in [2.05, 4.69) is 0 Å². The summed E-state index contributed by atoms with van der Waals surface area (Å²) in [6, 6.07) is 20.6. The number of aromatic hydroxyl groups is 2. The van der Waals surface area contributed by atoms with Gasteiger partial charge in [-0.1, -0.05) is 36.4 Å². The molecule has 0 bridgehead atoms. The van der Waals surface area contributed by atoms with Crippen molar-refractivity contribution in [1.29, 1.82) is 0 Å². The summed E-state index contributed by atoms with van der Waals surface area (Å²) in [6.45, 7) is 0. The van der Waals surface area contributed by atoms with Crippen LogP contribution in [0.5, 0.6) is 11.5 Å². The van der Waals surface area contributed by atoms with Crippen LogP contribution in [0.25, 0.3) is 43.6 Å². The minimum Gasteiger partial charge on any atom is -0.508 e. The highest BCUT2D eigenvalue weighted by molar-refractivity contribution is 6.27. The summed E-state index contributed by atoms with van der Waals surface area (Å²) in [5, 5.41) is 24.6. The maximum absolute atomic E-state index is 9.98. The zero-order valence-corrected chi connectivity index (χ0v) is 13.2. The molecule has 5 rings (SSSR count). The molecule has 3 heteroatoms. The number of phenolic OH excluding ortho intramolecular Hbond substituents is 2. The molecule has 0 amide bonds. The first-order chi connectivity index (χ1) is 12.2. The van der Waals surface area contributed by atoms with Crippen molar-refractivity contribution in [2.24, 2.45) is 0 Å². The Kier molecular flexibility index (Phi) is 2.80. The van der Waals surface area contributed by atoms with Crippen molar-refractivity contribution in [2.45, 2.75) is 0 Å². The topological polar surface area (TPSA) is 53.6 Å². The fraction of sp³-hybridized carbons (Fsp3) is 0. The van der Waals surface area contributed by atoms with Gasteiger partial charge in [-0.2, -0.15) is 0 Å². The van der Waals surface area contributed by atoms with Gasteiger partial charge in [-0.25, -0.2) is 0 Å². The van der Waals surface area contributed by atoms with Gasteiger partial charge in [-0.15, -0.1) is 0 Å². The van der Waals surface area contributed by atoms with Gasteiger partial charge in [0.05, 0.1) is 6.26 Å². The zero-order valence-electron chi connectivity index (χ0n) is 13.2. The van der Waals surface area contributed by atoms with Gasteiger partial charge in [0.1, 0.15) is 17.1 Å². The lowest BCUT2D eigenvalue weighted by Crippen LogP contribution is -1.82. The highest BCUT2D eigenvalue weighted by atomic mass is 16.3. The molecule has 120 valence electrons. The van der Waals surface area contributed by atoms with Crippen LogP contribution in [-0.2, 0) is 0 Å². The lowest BCUT2D eigenvalue weighted by atomic mass is 9.94. The molecule has 0 spiro atoms. The highest BCUT2D eigenvalue weighted by Gasteiger charge is 2.16. The summed E-state index contributed by atoms with van der Waals surface area (Å²) in [5.74, 6) is 0.475. The van der Waals surface area contributed by atoms with E-state index in [1.165, 1.54) is 0 Å². The SMILES string of the molecule is Oc1ccc(-c2coc3c4ccccc4c4cc(O)ccc4c23)cc1. The Hall–Kier alpha value is -3.46. The van der Waals surface area contributed by atoms with Gasteiger partial charge in [0.2, 0.25) is 0 Å². The first kappa shape index (κ1) is 13.9. The number of benzene rings is 4. The van der Waals surface area contributed by atoms with Crippen LogP contribution in [0.4, 0.5) is 0 Å². The summed E-state index contributed by atoms with van der Waals surface area (Å²) < 4.78 is 5.96. The second-order valence-electron chi connectivity index (χ2n) is 6.18. The fourth-order valence-corrected chi connectivity index (χ4v) is 3.57. The molecular formula is C22H14O3. The third kappa shape index (κ3) is 1.99. The number of hydrogen-bond donors (Lipinski definition) is 2. The molecular weight excluding hydrogens is 312 g/mol. The van der Waals surface area contributed by atoms with Crippen molar-refractivity contribution in [3.8, 4) is 22.6 Å². The van der Waals surface area contributed by atoms with Crippen molar-refractivity contribution >= 4 is 32.5 Å². The smallest absolute Gasteiger partial charge is 0.142 e. The van der Waals surface area contributed by atoms with Gasteiger partial charge in [-0.3, -0.25) is 0 Å². The van der Waals surface area contributed by atoms with E-state index in [0.717, 1.165) is 43.6 Å². The molecule has 0 unspecified atom stereocenters. The van der Waals surface area contributed by atoms with E-state index in [0.29, 0.717) is 0 Å². The number of rotatable bonds is 1. The number of hydrogen-bond acceptors (Lipinski definition) is 3. The van der Waals surface area contributed by atoms with Crippen LogP contribution in [0.3, 0.4) is 0 Å². The van der Waals surface area contributed by atoms with Crippen molar-refractivity contribution in [1.82, 2.24) is 0 Å². The lowest BCUT2D eigenvalue weighted by Gasteiger charge is -2.08. The lowest BCUT2D eigenvalue weighted by molar-refractivity contribution is 0.475. The Morgan fingerprint density at radius 2 is 1.36 bits per heavy atom. The average molecular weight is 326 g/mol. The average Bonchev–Trinajstić information content (AvgIpc) is 3.08. The summed E-state index contributed by atoms with van der Waals surface area (Å²) in [6.07, 6.45) is 1.76. The molecule has 0 radical (unpaired) electrons. The molecule has 0 aliphatic heterocycles. The Bertz CT molecular complexity index is 1250. The van der Waals surface area contributed by atoms with Crippen molar-refractivity contribution < 1.29 is 14.6 Å². The summed E-state index contributed by atoms with van der Waals surface area (Å²) in [4.78, 5) is 0. The van der Waals surface area contributed by atoms with Gasteiger partial charge in [0.25, 0.3) is 0 Å². The van der Waals surface area contributed by atoms with E-state index < -0.39 is 0 Å². The quantitative estimate of drug-likeness (QED) is 0.382. The number of furan rings is 1. The molecule has 0 aliphatic carbocycles. The summed E-state index contributed by atoms with van der Waals surface area (Å²) >= 11 is 0. The van der Waals surface area contributed by atoms with E-state index in [1.54, 1.807) is 30.5 Å². The van der Waals surface area contributed by atoms with Crippen molar-refractivity contribution in [3.05, 3.63) is 73.0 Å². The molecule has 0 atom stereocenters. The minimum atomic E-state index is 0.233. The van der Waals surface area contributed by atoms with Crippen LogP contribution in [0, 0.1) is 0 Å². The molecule has 2 N–H and O–H groups in total. The highest BCUT2D eigenvalue weighted by Crippen LogP contribution is 2.42. The maximum atomic E-state index is 9.98. The van der Waals surface area contributed by atoms with Crippen LogP contribution in [0.2, 0.25) is 0 Å². The van der Waals surface area contributed by atoms with E-state index in [1.807, 2.05) is 42.5 Å². The van der Waals surface area contributed by atoms with Gasteiger partial charge >= 0.3 is 0 Å². The van der Waals surface area contributed by atoms with E-state index in [9.17, 15) is 10.2 Å². The second kappa shape index (κ2) is 5.02. The molecule has 0 aliphatic rings. The second-order valence-corrected chi connectivity index (χ2v) is 6.18. The standard InChI is InChI=1S/C22H14O3/c23-14-7-5-13(6-8-14)20-12-25-22-18-4-2-1-3-16(18)19-11-15(24)9-10-17(19)21(20)22/h1-12,23-24H. The minimum absolute atomic E-state index is 0.233. The van der Waals surface area contributed by atoms with Gasteiger partial charge in [-0.05, 0) is 52.1 Å². The van der Waals surface area contributed by atoms with Crippen LogP contribution >= 0.6 is 0 Å². The third-order valence-corrected chi connectivity index (χ3v) is 4.70. The van der Waals surface area contributed by atoms with E-state index in [4.69, 9.17) is 4.42 Å². The molecule has 3 nitrogen and oxygen atoms in total. The predicted molar refractivity (Wildman–Crippen MR) is 100.0 cm³/mol. The van der Waals surface area contributed by atoms with E-state index >= 15 is 0 Å². The fourth-order valence-electron chi connectivity index (χ4n) is 3.57. The van der Waals surface area contributed by atoms with Crippen LogP contribution < -0.4 is 0 Å². The number of phenols is 2. The van der Waals surface area contributed by atoms with Gasteiger partial charge < -0.3 is 14.6 Å². The third-order valence-electron chi connectivity index (χ3n) is 4.70. The Labute approximate surface area is 143 Å². The Morgan fingerprint density at radius 3 is 2.16 bits per heavy atom. The molecule has 4 aromatic carbocycles. The predicted octanol–water partition coefficient (Wildman–Crippen LogP) is 5.82. The normalized spacial score (nSPS) is 11.5. The maximum Gasteiger partial charge on any atom is 0.142 e. The monoisotopic (exact) mass is 326 g/mol. The molecule has 25 heavy (non-hydrogen) atoms. The Morgan fingerprint density at radius 1 is 0.640 bits per heavy atom. The van der Waals surface area contributed by atoms with Crippen LogP contribution in [-0.4, -0.2) is 10.2 Å². The summed E-state index contributed by atoms with van der Waals surface area (Å²) in [7, 11) is 0. The van der Waals surface area contributed by atoms with Crippen molar-refractivity contribution in [2.75, 3.05) is 0 Å². The molecule has 1 heterocycles. The van der Waals surface area contributed by atoms with Crippen molar-refractivity contribution in [3.63, 3.8) is 0 Å². The zero-order chi connectivity index (χ0) is 17.0.